The standard InChI is InChI=1S/C23H28N2O6/c1-15-7-8-18(11-16(15)2)31-23(19(22(28)29)12-21(26)27)20(6-4-10-25-23)30-14-17-5-3-9-24-13-17/h4,6-8,10-12,17,24-25H,3,5,9,13-14H2,1-2H3,(H,26,27)(H,28,29)/b19-12-/t17?,23-/m0/s1. The molecule has 3 rings (SSSR count). The second-order valence-corrected chi connectivity index (χ2v) is 7.79. The summed E-state index contributed by atoms with van der Waals surface area (Å²) in [5, 5.41) is 25.5. The largest absolute Gasteiger partial charge is 0.491 e. The summed E-state index contributed by atoms with van der Waals surface area (Å²) < 4.78 is 12.2. The van der Waals surface area contributed by atoms with E-state index in [0.717, 1.165) is 37.1 Å². The van der Waals surface area contributed by atoms with Gasteiger partial charge >= 0.3 is 11.9 Å². The predicted octanol–water partition coefficient (Wildman–Crippen LogP) is 2.49. The van der Waals surface area contributed by atoms with E-state index in [1.54, 1.807) is 24.3 Å². The summed E-state index contributed by atoms with van der Waals surface area (Å²) in [5.74, 6) is -1.99. The number of piperidine rings is 1. The average Bonchev–Trinajstić information content (AvgIpc) is 2.74. The van der Waals surface area contributed by atoms with E-state index in [4.69, 9.17) is 9.47 Å². The molecule has 0 spiro atoms. The fourth-order valence-corrected chi connectivity index (χ4v) is 3.65. The topological polar surface area (TPSA) is 117 Å². The highest BCUT2D eigenvalue weighted by molar-refractivity contribution is 5.97. The van der Waals surface area contributed by atoms with Crippen molar-refractivity contribution in [3.63, 3.8) is 0 Å². The number of dihydropyridines is 1. The van der Waals surface area contributed by atoms with E-state index in [1.807, 2.05) is 19.9 Å². The lowest BCUT2D eigenvalue weighted by Crippen LogP contribution is -2.55. The Hall–Kier alpha value is -3.26. The average molecular weight is 428 g/mol. The Morgan fingerprint density at radius 1 is 1.26 bits per heavy atom. The van der Waals surface area contributed by atoms with Crippen LogP contribution in [0.15, 0.2) is 54.0 Å². The number of aliphatic carboxylic acids is 2. The van der Waals surface area contributed by atoms with Gasteiger partial charge in [-0.25, -0.2) is 9.59 Å². The van der Waals surface area contributed by atoms with Gasteiger partial charge in [0, 0.05) is 24.7 Å². The molecule has 2 atom stereocenters. The molecule has 0 bridgehead atoms. The second-order valence-electron chi connectivity index (χ2n) is 7.79. The van der Waals surface area contributed by atoms with Crippen molar-refractivity contribution in [1.82, 2.24) is 10.6 Å². The highest BCUT2D eigenvalue weighted by Gasteiger charge is 2.47. The summed E-state index contributed by atoms with van der Waals surface area (Å²) in [6.45, 7) is 5.99. The number of hydrogen-bond donors (Lipinski definition) is 4. The molecule has 2 aliphatic heterocycles. The molecule has 8 heteroatoms. The van der Waals surface area contributed by atoms with Crippen LogP contribution in [0, 0.1) is 19.8 Å². The Kier molecular flexibility index (Phi) is 7.02. The smallest absolute Gasteiger partial charge is 0.338 e. The first-order valence-corrected chi connectivity index (χ1v) is 10.2. The number of hydrogen-bond acceptors (Lipinski definition) is 6. The molecule has 0 radical (unpaired) electrons. The zero-order valence-corrected chi connectivity index (χ0v) is 17.7. The highest BCUT2D eigenvalue weighted by atomic mass is 16.6. The molecule has 166 valence electrons. The monoisotopic (exact) mass is 428 g/mol. The maximum atomic E-state index is 12.1. The van der Waals surface area contributed by atoms with Gasteiger partial charge in [-0.15, -0.1) is 0 Å². The van der Waals surface area contributed by atoms with Crippen LogP contribution >= 0.6 is 0 Å². The second kappa shape index (κ2) is 9.70. The summed E-state index contributed by atoms with van der Waals surface area (Å²) in [7, 11) is 0. The Bertz CT molecular complexity index is 930. The minimum Gasteiger partial charge on any atom is -0.491 e. The van der Waals surface area contributed by atoms with Crippen LogP contribution in [0.4, 0.5) is 0 Å². The van der Waals surface area contributed by atoms with E-state index in [1.165, 1.54) is 6.20 Å². The van der Waals surface area contributed by atoms with Gasteiger partial charge in [0.15, 0.2) is 5.76 Å². The molecule has 4 N–H and O–H groups in total. The molecule has 8 nitrogen and oxygen atoms in total. The van der Waals surface area contributed by atoms with Crippen molar-refractivity contribution in [1.29, 1.82) is 0 Å². The van der Waals surface area contributed by atoms with Gasteiger partial charge in [-0.1, -0.05) is 6.07 Å². The van der Waals surface area contributed by atoms with E-state index in [-0.39, 0.29) is 11.7 Å². The van der Waals surface area contributed by atoms with E-state index in [0.29, 0.717) is 18.4 Å². The van der Waals surface area contributed by atoms with Gasteiger partial charge in [0.2, 0.25) is 0 Å². The third-order valence-corrected chi connectivity index (χ3v) is 5.48. The number of carboxylic acid groups (broad SMARTS) is 2. The van der Waals surface area contributed by atoms with Crippen molar-refractivity contribution in [3.05, 3.63) is 65.1 Å². The van der Waals surface area contributed by atoms with Crippen molar-refractivity contribution in [3.8, 4) is 5.75 Å². The molecule has 31 heavy (non-hydrogen) atoms. The first-order chi connectivity index (χ1) is 14.8. The van der Waals surface area contributed by atoms with Crippen molar-refractivity contribution in [2.24, 2.45) is 5.92 Å². The van der Waals surface area contributed by atoms with Gasteiger partial charge in [-0.3, -0.25) is 0 Å². The summed E-state index contributed by atoms with van der Waals surface area (Å²) in [6, 6.07) is 5.35. The molecule has 1 saturated heterocycles. The summed E-state index contributed by atoms with van der Waals surface area (Å²) in [6.07, 6.45) is 7.44. The van der Waals surface area contributed by atoms with Gasteiger partial charge in [0.25, 0.3) is 5.72 Å². The summed E-state index contributed by atoms with van der Waals surface area (Å²) in [5.41, 5.74) is -0.314. The fourth-order valence-electron chi connectivity index (χ4n) is 3.65. The number of carbonyl (C=O) groups is 2. The molecule has 1 unspecified atom stereocenters. The molecular formula is C23H28N2O6. The zero-order chi connectivity index (χ0) is 22.4. The molecule has 0 saturated carbocycles. The van der Waals surface area contributed by atoms with E-state index in [9.17, 15) is 19.8 Å². The molecule has 1 aromatic rings. The molecule has 0 amide bonds. The lowest BCUT2D eigenvalue weighted by Gasteiger charge is -2.38. The summed E-state index contributed by atoms with van der Waals surface area (Å²) >= 11 is 0. The van der Waals surface area contributed by atoms with Crippen LogP contribution in [0.5, 0.6) is 5.75 Å². The normalized spacial score (nSPS) is 23.5. The zero-order valence-electron chi connectivity index (χ0n) is 17.7. The number of benzene rings is 1. The van der Waals surface area contributed by atoms with Gasteiger partial charge in [-0.2, -0.15) is 0 Å². The lowest BCUT2D eigenvalue weighted by molar-refractivity contribution is -0.137. The Balaban J connectivity index is 2.00. The molecule has 0 aromatic heterocycles. The summed E-state index contributed by atoms with van der Waals surface area (Å²) in [4.78, 5) is 23.6. The fraction of sp³-hybridized carbons (Fsp3) is 0.391. The number of allylic oxidation sites excluding steroid dienone is 2. The van der Waals surface area contributed by atoms with Crippen LogP contribution in [-0.4, -0.2) is 47.6 Å². The number of rotatable bonds is 8. The molecule has 0 aliphatic carbocycles. The van der Waals surface area contributed by atoms with Crippen LogP contribution in [0.2, 0.25) is 0 Å². The minimum atomic E-state index is -1.83. The SMILES string of the molecule is Cc1ccc(O[C@]2(/C(=C\C(=O)O)C(=O)O)NC=CC=C2OCC2CCCNC2)cc1C. The maximum Gasteiger partial charge on any atom is 0.338 e. The number of aryl methyl sites for hydroxylation is 2. The Labute approximate surface area is 181 Å². The maximum absolute atomic E-state index is 12.1. The van der Waals surface area contributed by atoms with Crippen LogP contribution in [-0.2, 0) is 14.3 Å². The highest BCUT2D eigenvalue weighted by Crippen LogP contribution is 2.34. The molecule has 1 fully saturated rings. The van der Waals surface area contributed by atoms with Gasteiger partial charge in [0.1, 0.15) is 11.3 Å². The number of carboxylic acids is 2. The van der Waals surface area contributed by atoms with E-state index < -0.39 is 23.2 Å². The minimum absolute atomic E-state index is 0.189. The van der Waals surface area contributed by atoms with Crippen LogP contribution in [0.25, 0.3) is 0 Å². The van der Waals surface area contributed by atoms with E-state index >= 15 is 0 Å². The van der Waals surface area contributed by atoms with Gasteiger partial charge < -0.3 is 30.3 Å². The number of nitrogens with one attached hydrogen (secondary N) is 2. The third kappa shape index (κ3) is 5.27. The molecule has 2 heterocycles. The Morgan fingerprint density at radius 3 is 2.71 bits per heavy atom. The molecule has 2 aliphatic rings. The number of ether oxygens (including phenoxy) is 2. The quantitative estimate of drug-likeness (QED) is 0.467. The molecule has 1 aromatic carbocycles. The van der Waals surface area contributed by atoms with Gasteiger partial charge in [-0.05, 0) is 68.6 Å². The first kappa shape index (κ1) is 22.4. The Morgan fingerprint density at radius 2 is 2.06 bits per heavy atom. The van der Waals surface area contributed by atoms with Gasteiger partial charge in [0.05, 0.1) is 6.61 Å². The van der Waals surface area contributed by atoms with Crippen LogP contribution in [0.3, 0.4) is 0 Å². The van der Waals surface area contributed by atoms with Crippen molar-refractivity contribution >= 4 is 11.9 Å². The van der Waals surface area contributed by atoms with Crippen LogP contribution < -0.4 is 15.4 Å². The van der Waals surface area contributed by atoms with Crippen molar-refractivity contribution < 1.29 is 29.3 Å². The first-order valence-electron chi connectivity index (χ1n) is 10.2. The van der Waals surface area contributed by atoms with Crippen LogP contribution in [0.1, 0.15) is 24.0 Å². The predicted molar refractivity (Wildman–Crippen MR) is 115 cm³/mol. The van der Waals surface area contributed by atoms with Crippen molar-refractivity contribution in [2.75, 3.05) is 19.7 Å². The molecular weight excluding hydrogens is 400 g/mol. The lowest BCUT2D eigenvalue weighted by atomic mass is 9.96. The van der Waals surface area contributed by atoms with E-state index in [2.05, 4.69) is 10.6 Å². The third-order valence-electron chi connectivity index (χ3n) is 5.48. The van der Waals surface area contributed by atoms with Crippen molar-refractivity contribution in [2.45, 2.75) is 32.4 Å².